The van der Waals surface area contributed by atoms with E-state index < -0.39 is 0 Å². The standard InChI is InChI=1S/C11H12Br2N2/c1-2-3-4-11(15-14)9-7-8(12)5-6-10(9)13/h5-7,11,15H,4,14H2,1H3. The quantitative estimate of drug-likeness (QED) is 0.507. The average molecular weight is 332 g/mol. The first-order valence-corrected chi connectivity index (χ1v) is 6.08. The number of benzene rings is 1. The molecular weight excluding hydrogens is 320 g/mol. The first-order chi connectivity index (χ1) is 7.19. The van der Waals surface area contributed by atoms with Gasteiger partial charge in [0.15, 0.2) is 0 Å². The minimum absolute atomic E-state index is 0.0457. The lowest BCUT2D eigenvalue weighted by Gasteiger charge is -2.15. The van der Waals surface area contributed by atoms with Gasteiger partial charge >= 0.3 is 0 Å². The fraction of sp³-hybridized carbons (Fsp3) is 0.273. The lowest BCUT2D eigenvalue weighted by atomic mass is 10.1. The summed E-state index contributed by atoms with van der Waals surface area (Å²) in [4.78, 5) is 0. The lowest BCUT2D eigenvalue weighted by molar-refractivity contribution is 0.565. The van der Waals surface area contributed by atoms with Gasteiger partial charge in [0, 0.05) is 15.4 Å². The third-order valence-electron chi connectivity index (χ3n) is 2.02. The minimum Gasteiger partial charge on any atom is -0.271 e. The topological polar surface area (TPSA) is 38.0 Å². The van der Waals surface area contributed by atoms with Gasteiger partial charge in [-0.3, -0.25) is 11.3 Å². The summed E-state index contributed by atoms with van der Waals surface area (Å²) in [5.74, 6) is 11.4. The van der Waals surface area contributed by atoms with Crippen molar-refractivity contribution in [1.29, 1.82) is 0 Å². The molecule has 1 aromatic rings. The molecule has 0 radical (unpaired) electrons. The van der Waals surface area contributed by atoms with Crippen molar-refractivity contribution in [3.8, 4) is 11.8 Å². The van der Waals surface area contributed by atoms with Crippen LogP contribution < -0.4 is 11.3 Å². The summed E-state index contributed by atoms with van der Waals surface area (Å²) in [6.45, 7) is 1.82. The number of hydrogen-bond acceptors (Lipinski definition) is 2. The summed E-state index contributed by atoms with van der Waals surface area (Å²) < 4.78 is 2.07. The Balaban J connectivity index is 2.98. The third-order valence-corrected chi connectivity index (χ3v) is 3.23. The first-order valence-electron chi connectivity index (χ1n) is 4.49. The zero-order chi connectivity index (χ0) is 11.3. The molecule has 1 unspecified atom stereocenters. The predicted octanol–water partition coefficient (Wildman–Crippen LogP) is 3.13. The second-order valence-electron chi connectivity index (χ2n) is 3.02. The Morgan fingerprint density at radius 2 is 2.20 bits per heavy atom. The Labute approximate surface area is 107 Å². The predicted molar refractivity (Wildman–Crippen MR) is 70.0 cm³/mol. The van der Waals surface area contributed by atoms with Crippen LogP contribution in [0.2, 0.25) is 0 Å². The van der Waals surface area contributed by atoms with Crippen molar-refractivity contribution in [2.75, 3.05) is 0 Å². The van der Waals surface area contributed by atoms with Crippen LogP contribution in [-0.4, -0.2) is 0 Å². The number of nitrogens with two attached hydrogens (primary N) is 1. The van der Waals surface area contributed by atoms with Crippen molar-refractivity contribution in [3.63, 3.8) is 0 Å². The second kappa shape index (κ2) is 6.29. The van der Waals surface area contributed by atoms with E-state index in [1.54, 1.807) is 0 Å². The molecule has 0 bridgehead atoms. The fourth-order valence-corrected chi connectivity index (χ4v) is 2.15. The van der Waals surface area contributed by atoms with Gasteiger partial charge in [-0.05, 0) is 30.7 Å². The molecule has 1 rings (SSSR count). The summed E-state index contributed by atoms with van der Waals surface area (Å²) in [5.41, 5.74) is 3.87. The van der Waals surface area contributed by atoms with Crippen LogP contribution in [0.5, 0.6) is 0 Å². The van der Waals surface area contributed by atoms with Gasteiger partial charge in [-0.2, -0.15) is 0 Å². The van der Waals surface area contributed by atoms with Crippen molar-refractivity contribution in [3.05, 3.63) is 32.7 Å². The van der Waals surface area contributed by atoms with Crippen LogP contribution in [-0.2, 0) is 0 Å². The van der Waals surface area contributed by atoms with Crippen molar-refractivity contribution < 1.29 is 0 Å². The molecule has 0 spiro atoms. The lowest BCUT2D eigenvalue weighted by Crippen LogP contribution is -2.28. The summed E-state index contributed by atoms with van der Waals surface area (Å²) in [5, 5.41) is 0. The monoisotopic (exact) mass is 330 g/mol. The largest absolute Gasteiger partial charge is 0.271 e. The van der Waals surface area contributed by atoms with E-state index in [1.807, 2.05) is 25.1 Å². The van der Waals surface area contributed by atoms with E-state index in [9.17, 15) is 0 Å². The van der Waals surface area contributed by atoms with E-state index in [1.165, 1.54) is 0 Å². The molecule has 0 aliphatic carbocycles. The molecule has 80 valence electrons. The summed E-state index contributed by atoms with van der Waals surface area (Å²) >= 11 is 6.94. The number of halogens is 2. The van der Waals surface area contributed by atoms with Crippen LogP contribution in [0.4, 0.5) is 0 Å². The van der Waals surface area contributed by atoms with E-state index >= 15 is 0 Å². The van der Waals surface area contributed by atoms with Crippen LogP contribution >= 0.6 is 31.9 Å². The van der Waals surface area contributed by atoms with Gasteiger partial charge < -0.3 is 0 Å². The van der Waals surface area contributed by atoms with Gasteiger partial charge in [0.25, 0.3) is 0 Å². The molecule has 0 fully saturated rings. The van der Waals surface area contributed by atoms with Crippen molar-refractivity contribution in [2.24, 2.45) is 5.84 Å². The van der Waals surface area contributed by atoms with Gasteiger partial charge in [0.05, 0.1) is 6.04 Å². The maximum atomic E-state index is 5.51. The summed E-state index contributed by atoms with van der Waals surface area (Å²) in [6.07, 6.45) is 0.696. The normalized spacial score (nSPS) is 11.7. The molecule has 0 aliphatic heterocycles. The highest BCUT2D eigenvalue weighted by Crippen LogP contribution is 2.28. The van der Waals surface area contributed by atoms with Gasteiger partial charge in [-0.1, -0.05) is 31.9 Å². The van der Waals surface area contributed by atoms with Gasteiger partial charge in [0.1, 0.15) is 0 Å². The van der Waals surface area contributed by atoms with E-state index in [-0.39, 0.29) is 6.04 Å². The molecule has 0 saturated heterocycles. The SMILES string of the molecule is CC#CCC(NN)c1cc(Br)ccc1Br. The van der Waals surface area contributed by atoms with E-state index in [4.69, 9.17) is 5.84 Å². The van der Waals surface area contributed by atoms with Crippen LogP contribution in [0, 0.1) is 11.8 Å². The Morgan fingerprint density at radius 3 is 2.80 bits per heavy atom. The number of rotatable bonds is 3. The van der Waals surface area contributed by atoms with E-state index in [2.05, 4.69) is 49.1 Å². The molecule has 0 amide bonds. The smallest absolute Gasteiger partial charge is 0.0580 e. The highest BCUT2D eigenvalue weighted by Gasteiger charge is 2.11. The second-order valence-corrected chi connectivity index (χ2v) is 4.79. The maximum absolute atomic E-state index is 5.51. The number of nitrogens with one attached hydrogen (secondary N) is 1. The molecule has 0 heterocycles. The van der Waals surface area contributed by atoms with Crippen LogP contribution in [0.15, 0.2) is 27.1 Å². The third kappa shape index (κ3) is 3.62. The molecule has 1 aromatic carbocycles. The van der Waals surface area contributed by atoms with Crippen molar-refractivity contribution >= 4 is 31.9 Å². The van der Waals surface area contributed by atoms with Gasteiger partial charge in [-0.15, -0.1) is 11.8 Å². The molecule has 0 aliphatic rings. The molecular formula is C11H12Br2N2. The zero-order valence-electron chi connectivity index (χ0n) is 8.35. The maximum Gasteiger partial charge on any atom is 0.0580 e. The van der Waals surface area contributed by atoms with Gasteiger partial charge in [0.2, 0.25) is 0 Å². The molecule has 0 saturated carbocycles. The molecule has 3 N–H and O–H groups in total. The van der Waals surface area contributed by atoms with Crippen molar-refractivity contribution in [1.82, 2.24) is 5.43 Å². The Bertz CT molecular complexity index is 393. The molecule has 15 heavy (non-hydrogen) atoms. The zero-order valence-corrected chi connectivity index (χ0v) is 11.5. The van der Waals surface area contributed by atoms with Gasteiger partial charge in [-0.25, -0.2) is 0 Å². The molecule has 1 atom stereocenters. The number of hydrogen-bond donors (Lipinski definition) is 2. The Hall–Kier alpha value is -0.340. The fourth-order valence-electron chi connectivity index (χ4n) is 1.24. The van der Waals surface area contributed by atoms with Crippen LogP contribution in [0.25, 0.3) is 0 Å². The summed E-state index contributed by atoms with van der Waals surface area (Å²) in [6, 6.07) is 6.05. The average Bonchev–Trinajstić information content (AvgIpc) is 2.24. The Kier molecular flexibility index (Phi) is 5.34. The van der Waals surface area contributed by atoms with E-state index in [0.717, 1.165) is 14.5 Å². The van der Waals surface area contributed by atoms with Crippen LogP contribution in [0.1, 0.15) is 24.9 Å². The summed E-state index contributed by atoms with van der Waals surface area (Å²) in [7, 11) is 0. The number of hydrazine groups is 1. The molecule has 4 heteroatoms. The molecule has 2 nitrogen and oxygen atoms in total. The van der Waals surface area contributed by atoms with Crippen molar-refractivity contribution in [2.45, 2.75) is 19.4 Å². The minimum atomic E-state index is 0.0457. The molecule has 0 aromatic heterocycles. The highest BCUT2D eigenvalue weighted by atomic mass is 79.9. The Morgan fingerprint density at radius 1 is 1.47 bits per heavy atom. The van der Waals surface area contributed by atoms with Crippen LogP contribution in [0.3, 0.4) is 0 Å². The van der Waals surface area contributed by atoms with E-state index in [0.29, 0.717) is 6.42 Å². The highest BCUT2D eigenvalue weighted by molar-refractivity contribution is 9.11. The first kappa shape index (κ1) is 12.7.